The Hall–Kier alpha value is -0.970. The lowest BCUT2D eigenvalue weighted by atomic mass is 10.4. The van der Waals surface area contributed by atoms with E-state index in [-0.39, 0.29) is 0 Å². The molecule has 1 rings (SSSR count). The number of hydrogen-bond donors (Lipinski definition) is 0. The van der Waals surface area contributed by atoms with Gasteiger partial charge >= 0.3 is 0 Å². The molecule has 50 valence electrons. The summed E-state index contributed by atoms with van der Waals surface area (Å²) in [6, 6.07) is 0. The molecule has 0 heterocycles. The number of allylic oxidation sites excluding steroid dienone is 7. The molecule has 0 aromatic carbocycles. The normalized spacial score (nSPS) is 25.5. The van der Waals surface area contributed by atoms with Gasteiger partial charge in [-0.2, -0.15) is 0 Å². The van der Waals surface area contributed by atoms with Crippen LogP contribution >= 0.6 is 11.6 Å². The van der Waals surface area contributed by atoms with Crippen LogP contribution in [-0.4, -0.2) is 0 Å². The van der Waals surface area contributed by atoms with Crippen molar-refractivity contribution in [3.05, 3.63) is 53.3 Å². The molecule has 0 nitrogen and oxygen atoms in total. The fourth-order valence-corrected chi connectivity index (χ4v) is 0.700. The standard InChI is InChI=1S/C9H7Cl/c10-9-7-5-3-1-2-4-6-8-9/h1-7H/b3-1+,4-2-,7-5-. The van der Waals surface area contributed by atoms with Gasteiger partial charge in [-0.3, -0.25) is 0 Å². The second-order valence-electron chi connectivity index (χ2n) is 1.79. The van der Waals surface area contributed by atoms with E-state index in [1.807, 2.05) is 30.4 Å². The second kappa shape index (κ2) is 3.94. The minimum absolute atomic E-state index is 0.621. The molecular formula is C9H7Cl. The van der Waals surface area contributed by atoms with Crippen molar-refractivity contribution in [2.75, 3.05) is 0 Å². The fourth-order valence-electron chi connectivity index (χ4n) is 0.564. The van der Waals surface area contributed by atoms with Crippen LogP contribution in [0, 0.1) is 0 Å². The molecule has 0 spiro atoms. The summed E-state index contributed by atoms with van der Waals surface area (Å²) in [5, 5.41) is 0.621. The molecule has 0 fully saturated rings. The third-order valence-corrected chi connectivity index (χ3v) is 1.24. The van der Waals surface area contributed by atoms with E-state index in [0.717, 1.165) is 0 Å². The highest BCUT2D eigenvalue weighted by Gasteiger charge is 1.77. The Bertz CT molecular complexity index is 248. The van der Waals surface area contributed by atoms with E-state index in [2.05, 4.69) is 5.73 Å². The Balaban J connectivity index is 2.93. The van der Waals surface area contributed by atoms with Crippen molar-refractivity contribution in [3.8, 4) is 0 Å². The van der Waals surface area contributed by atoms with Gasteiger partial charge in [0.2, 0.25) is 0 Å². The van der Waals surface area contributed by atoms with Crippen molar-refractivity contribution in [1.82, 2.24) is 0 Å². The Morgan fingerprint density at radius 2 is 1.70 bits per heavy atom. The summed E-state index contributed by atoms with van der Waals surface area (Å²) >= 11 is 5.69. The van der Waals surface area contributed by atoms with Crippen molar-refractivity contribution in [2.24, 2.45) is 0 Å². The van der Waals surface area contributed by atoms with Gasteiger partial charge in [-0.25, -0.2) is 0 Å². The van der Waals surface area contributed by atoms with E-state index in [1.165, 1.54) is 0 Å². The molecule has 1 aliphatic rings. The zero-order chi connectivity index (χ0) is 7.23. The lowest BCUT2D eigenvalue weighted by Crippen LogP contribution is -1.54. The van der Waals surface area contributed by atoms with Gasteiger partial charge in [-0.05, 0) is 12.2 Å². The minimum Gasteiger partial charge on any atom is -0.101 e. The SMILES string of the molecule is ClC1=C=C\C=C/C=C/C=C\1. The van der Waals surface area contributed by atoms with Crippen LogP contribution in [0.3, 0.4) is 0 Å². The summed E-state index contributed by atoms with van der Waals surface area (Å²) in [5.41, 5.74) is 2.87. The first-order valence-corrected chi connectivity index (χ1v) is 3.39. The Labute approximate surface area is 65.5 Å². The predicted molar refractivity (Wildman–Crippen MR) is 44.9 cm³/mol. The first-order valence-electron chi connectivity index (χ1n) is 3.02. The third kappa shape index (κ3) is 2.54. The van der Waals surface area contributed by atoms with Crippen LogP contribution < -0.4 is 0 Å². The van der Waals surface area contributed by atoms with Crippen molar-refractivity contribution >= 4 is 11.6 Å². The first-order chi connectivity index (χ1) is 4.89. The van der Waals surface area contributed by atoms with Gasteiger partial charge in [-0.15, -0.1) is 5.73 Å². The maximum Gasteiger partial charge on any atom is 0.0824 e. The Morgan fingerprint density at radius 3 is 2.60 bits per heavy atom. The smallest absolute Gasteiger partial charge is 0.0824 e. The summed E-state index contributed by atoms with van der Waals surface area (Å²) in [6.07, 6.45) is 13.1. The topological polar surface area (TPSA) is 0 Å². The van der Waals surface area contributed by atoms with E-state index >= 15 is 0 Å². The van der Waals surface area contributed by atoms with E-state index < -0.39 is 0 Å². The van der Waals surface area contributed by atoms with Crippen LogP contribution in [0.1, 0.15) is 0 Å². The van der Waals surface area contributed by atoms with Crippen LogP contribution in [0.15, 0.2) is 53.3 Å². The molecule has 1 aliphatic carbocycles. The molecule has 0 unspecified atom stereocenters. The molecule has 0 amide bonds. The third-order valence-electron chi connectivity index (χ3n) is 1.00. The molecule has 0 saturated heterocycles. The number of rotatable bonds is 0. The van der Waals surface area contributed by atoms with Gasteiger partial charge in [0.25, 0.3) is 0 Å². The lowest BCUT2D eigenvalue weighted by Gasteiger charge is -1.75. The minimum atomic E-state index is 0.621. The summed E-state index contributed by atoms with van der Waals surface area (Å²) in [7, 11) is 0. The number of hydrogen-bond acceptors (Lipinski definition) is 0. The molecule has 0 bridgehead atoms. The molecule has 0 aromatic rings. The average molecular weight is 151 g/mol. The van der Waals surface area contributed by atoms with E-state index in [4.69, 9.17) is 11.6 Å². The number of halogens is 1. The quantitative estimate of drug-likeness (QED) is 0.466. The predicted octanol–water partition coefficient (Wildman–Crippen LogP) is 2.95. The monoisotopic (exact) mass is 150 g/mol. The molecule has 0 radical (unpaired) electrons. The van der Waals surface area contributed by atoms with Crippen molar-refractivity contribution in [1.29, 1.82) is 0 Å². The van der Waals surface area contributed by atoms with E-state index in [0.29, 0.717) is 5.03 Å². The maximum atomic E-state index is 5.69. The summed E-state index contributed by atoms with van der Waals surface area (Å²) in [6.45, 7) is 0. The molecule has 10 heavy (non-hydrogen) atoms. The highest BCUT2D eigenvalue weighted by atomic mass is 35.5. The highest BCUT2D eigenvalue weighted by molar-refractivity contribution is 6.31. The van der Waals surface area contributed by atoms with Crippen LogP contribution in [-0.2, 0) is 0 Å². The molecular weight excluding hydrogens is 144 g/mol. The maximum absolute atomic E-state index is 5.69. The largest absolute Gasteiger partial charge is 0.101 e. The van der Waals surface area contributed by atoms with Gasteiger partial charge in [0.15, 0.2) is 0 Å². The molecule has 0 N–H and O–H groups in total. The fraction of sp³-hybridized carbons (Fsp3) is 0. The van der Waals surface area contributed by atoms with Crippen molar-refractivity contribution < 1.29 is 0 Å². The molecule has 0 saturated carbocycles. The Morgan fingerprint density at radius 1 is 1.00 bits per heavy atom. The average Bonchev–Trinajstić information content (AvgIpc) is 2.02. The van der Waals surface area contributed by atoms with Crippen molar-refractivity contribution in [2.45, 2.75) is 0 Å². The van der Waals surface area contributed by atoms with Gasteiger partial charge < -0.3 is 0 Å². The van der Waals surface area contributed by atoms with E-state index in [1.54, 1.807) is 12.2 Å². The van der Waals surface area contributed by atoms with Gasteiger partial charge in [-0.1, -0.05) is 42.0 Å². The van der Waals surface area contributed by atoms with Crippen LogP contribution in [0.25, 0.3) is 0 Å². The summed E-state index contributed by atoms with van der Waals surface area (Å²) in [5.74, 6) is 0. The zero-order valence-electron chi connectivity index (χ0n) is 5.42. The van der Waals surface area contributed by atoms with Crippen LogP contribution in [0.5, 0.6) is 0 Å². The zero-order valence-corrected chi connectivity index (χ0v) is 6.18. The Kier molecular flexibility index (Phi) is 2.82. The highest BCUT2D eigenvalue weighted by Crippen LogP contribution is 2.01. The first kappa shape index (κ1) is 7.14. The molecule has 1 heteroatoms. The van der Waals surface area contributed by atoms with E-state index in [9.17, 15) is 0 Å². The van der Waals surface area contributed by atoms with Gasteiger partial charge in [0.05, 0.1) is 5.03 Å². The molecule has 0 aliphatic heterocycles. The lowest BCUT2D eigenvalue weighted by molar-refractivity contribution is 1.88. The van der Waals surface area contributed by atoms with Crippen molar-refractivity contribution in [3.63, 3.8) is 0 Å². The molecule has 0 atom stereocenters. The van der Waals surface area contributed by atoms with Gasteiger partial charge in [0.1, 0.15) is 0 Å². The van der Waals surface area contributed by atoms with Crippen LogP contribution in [0.2, 0.25) is 0 Å². The second-order valence-corrected chi connectivity index (χ2v) is 2.20. The summed E-state index contributed by atoms with van der Waals surface area (Å²) in [4.78, 5) is 0. The van der Waals surface area contributed by atoms with Gasteiger partial charge in [0, 0.05) is 0 Å². The molecule has 0 aromatic heterocycles. The summed E-state index contributed by atoms with van der Waals surface area (Å²) < 4.78 is 0. The van der Waals surface area contributed by atoms with Crippen LogP contribution in [0.4, 0.5) is 0 Å².